The van der Waals surface area contributed by atoms with E-state index in [9.17, 15) is 9.59 Å². The van der Waals surface area contributed by atoms with Gasteiger partial charge in [-0.3, -0.25) is 19.6 Å². The van der Waals surface area contributed by atoms with Crippen LogP contribution in [0.1, 0.15) is 32.9 Å². The fraction of sp³-hybridized carbons (Fsp3) is 0.217. The number of aryl methyl sites for hydroxylation is 2. The molecule has 0 saturated carbocycles. The number of aromatic amines is 1. The van der Waals surface area contributed by atoms with E-state index in [1.54, 1.807) is 31.6 Å². The van der Waals surface area contributed by atoms with Crippen molar-refractivity contribution in [1.82, 2.24) is 24.8 Å². The number of nitrogens with zero attached hydrogens (tertiary/aromatic N) is 3. The number of amides is 1. The first-order valence-electron chi connectivity index (χ1n) is 9.83. The van der Waals surface area contributed by atoms with Crippen LogP contribution in [0.5, 0.6) is 0 Å². The first kappa shape index (κ1) is 19.6. The lowest BCUT2D eigenvalue weighted by Gasteiger charge is -2.11. The van der Waals surface area contributed by atoms with Gasteiger partial charge in [0.25, 0.3) is 11.5 Å². The highest BCUT2D eigenvalue weighted by atomic mass is 16.2. The lowest BCUT2D eigenvalue weighted by molar-refractivity contribution is 0.0951. The van der Waals surface area contributed by atoms with Gasteiger partial charge >= 0.3 is 0 Å². The largest absolute Gasteiger partial charge is 0.361 e. The molecule has 0 spiro atoms. The Morgan fingerprint density at radius 1 is 1.13 bits per heavy atom. The Hall–Kier alpha value is -3.74. The summed E-state index contributed by atoms with van der Waals surface area (Å²) in [5, 5.41) is 4.03. The van der Waals surface area contributed by atoms with E-state index in [4.69, 9.17) is 0 Å². The van der Waals surface area contributed by atoms with Gasteiger partial charge in [-0.1, -0.05) is 18.2 Å². The molecule has 0 fully saturated rings. The van der Waals surface area contributed by atoms with Crippen LogP contribution in [0.2, 0.25) is 0 Å². The molecular formula is C23H23N5O2. The number of nitrogens with one attached hydrogen (secondary N) is 2. The summed E-state index contributed by atoms with van der Waals surface area (Å²) in [5.41, 5.74) is 4.16. The first-order chi connectivity index (χ1) is 14.5. The molecule has 0 radical (unpaired) electrons. The number of para-hydroxylation sites is 1. The smallest absolute Gasteiger partial charge is 0.264 e. The van der Waals surface area contributed by atoms with Crippen molar-refractivity contribution in [3.05, 3.63) is 93.6 Å². The third-order valence-electron chi connectivity index (χ3n) is 5.12. The fourth-order valence-corrected chi connectivity index (χ4v) is 3.48. The van der Waals surface area contributed by atoms with Crippen LogP contribution in [0.3, 0.4) is 0 Å². The maximum absolute atomic E-state index is 12.9. The normalized spacial score (nSPS) is 11.0. The summed E-state index contributed by atoms with van der Waals surface area (Å²) < 4.78 is 1.49. The maximum atomic E-state index is 12.9. The Balaban J connectivity index is 1.47. The van der Waals surface area contributed by atoms with Crippen LogP contribution in [-0.2, 0) is 13.0 Å². The SMILES string of the molecule is Cc1cnc(Cn2ccc(C)c(C(=O)NCCc3c[nH]c4ccccc34)c2=O)cn1. The number of H-pyrrole nitrogens is 1. The van der Waals surface area contributed by atoms with Gasteiger partial charge in [-0.15, -0.1) is 0 Å². The van der Waals surface area contributed by atoms with Gasteiger partial charge in [-0.25, -0.2) is 0 Å². The number of carbonyl (C=O) groups excluding carboxylic acids is 1. The summed E-state index contributed by atoms with van der Waals surface area (Å²) in [4.78, 5) is 37.4. The average Bonchev–Trinajstić information content (AvgIpc) is 3.15. The number of rotatable bonds is 6. The first-order valence-corrected chi connectivity index (χ1v) is 9.83. The van der Waals surface area contributed by atoms with Crippen LogP contribution < -0.4 is 10.9 Å². The molecule has 0 aliphatic carbocycles. The number of fused-ring (bicyclic) bond motifs is 1. The van der Waals surface area contributed by atoms with Gasteiger partial charge in [-0.2, -0.15) is 0 Å². The molecule has 1 amide bonds. The molecule has 0 aliphatic heterocycles. The van der Waals surface area contributed by atoms with Crippen LogP contribution in [-0.4, -0.2) is 32.0 Å². The summed E-state index contributed by atoms with van der Waals surface area (Å²) in [7, 11) is 0. The molecule has 152 valence electrons. The fourth-order valence-electron chi connectivity index (χ4n) is 3.48. The van der Waals surface area contributed by atoms with E-state index >= 15 is 0 Å². The minimum absolute atomic E-state index is 0.163. The molecule has 1 aromatic carbocycles. The van der Waals surface area contributed by atoms with E-state index in [1.807, 2.05) is 31.3 Å². The van der Waals surface area contributed by atoms with E-state index in [0.29, 0.717) is 24.2 Å². The van der Waals surface area contributed by atoms with Gasteiger partial charge in [0, 0.05) is 36.0 Å². The Kier molecular flexibility index (Phi) is 5.43. The highest BCUT2D eigenvalue weighted by Gasteiger charge is 2.16. The van der Waals surface area contributed by atoms with Crippen LogP contribution in [0.25, 0.3) is 10.9 Å². The van der Waals surface area contributed by atoms with Crippen molar-refractivity contribution in [2.24, 2.45) is 0 Å². The van der Waals surface area contributed by atoms with Gasteiger partial charge in [-0.05, 0) is 43.5 Å². The Morgan fingerprint density at radius 2 is 1.97 bits per heavy atom. The van der Waals surface area contributed by atoms with Crippen LogP contribution >= 0.6 is 0 Å². The third kappa shape index (κ3) is 4.00. The molecule has 0 atom stereocenters. The molecule has 0 bridgehead atoms. The van der Waals surface area contributed by atoms with Crippen molar-refractivity contribution in [3.8, 4) is 0 Å². The molecule has 2 N–H and O–H groups in total. The van der Waals surface area contributed by atoms with E-state index in [1.165, 1.54) is 4.57 Å². The average molecular weight is 401 g/mol. The second-order valence-corrected chi connectivity index (χ2v) is 7.32. The van der Waals surface area contributed by atoms with Crippen molar-refractivity contribution < 1.29 is 4.79 Å². The molecule has 4 rings (SSSR count). The Bertz CT molecular complexity index is 1250. The van der Waals surface area contributed by atoms with Gasteiger partial charge in [0.15, 0.2) is 0 Å². The lowest BCUT2D eigenvalue weighted by atomic mass is 10.1. The Labute approximate surface area is 173 Å². The second-order valence-electron chi connectivity index (χ2n) is 7.32. The molecule has 7 heteroatoms. The zero-order chi connectivity index (χ0) is 21.1. The monoisotopic (exact) mass is 401 g/mol. The van der Waals surface area contributed by atoms with Crippen molar-refractivity contribution in [1.29, 1.82) is 0 Å². The van der Waals surface area contributed by atoms with Crippen molar-refractivity contribution in [3.63, 3.8) is 0 Å². The van der Waals surface area contributed by atoms with E-state index in [2.05, 4.69) is 26.3 Å². The van der Waals surface area contributed by atoms with E-state index in [0.717, 1.165) is 22.2 Å². The zero-order valence-electron chi connectivity index (χ0n) is 17.0. The van der Waals surface area contributed by atoms with Gasteiger partial charge in [0.2, 0.25) is 0 Å². The predicted octanol–water partition coefficient (Wildman–Crippen LogP) is 2.76. The molecule has 3 aromatic heterocycles. The third-order valence-corrected chi connectivity index (χ3v) is 5.12. The van der Waals surface area contributed by atoms with E-state index < -0.39 is 0 Å². The van der Waals surface area contributed by atoms with Gasteiger partial charge in [0.05, 0.1) is 24.1 Å². The molecule has 4 aromatic rings. The summed E-state index contributed by atoms with van der Waals surface area (Å²) >= 11 is 0. The molecule has 0 aliphatic rings. The highest BCUT2D eigenvalue weighted by Crippen LogP contribution is 2.17. The molecule has 30 heavy (non-hydrogen) atoms. The molecule has 3 heterocycles. The standard InChI is InChI=1S/C23H23N5O2/c1-15-8-10-28(14-18-13-25-16(2)11-26-18)23(30)21(15)22(29)24-9-7-17-12-27-20-6-4-3-5-19(17)20/h3-6,8,10-13,27H,7,9,14H2,1-2H3,(H,24,29). The predicted molar refractivity (Wildman–Crippen MR) is 116 cm³/mol. The van der Waals surface area contributed by atoms with Crippen LogP contribution in [0, 0.1) is 13.8 Å². The topological polar surface area (TPSA) is 92.7 Å². The highest BCUT2D eigenvalue weighted by molar-refractivity contribution is 5.95. The molecular weight excluding hydrogens is 378 g/mol. The number of pyridine rings is 1. The minimum atomic E-state index is -0.360. The lowest BCUT2D eigenvalue weighted by Crippen LogP contribution is -2.35. The maximum Gasteiger partial charge on any atom is 0.264 e. The number of carbonyl (C=O) groups is 1. The molecule has 0 saturated heterocycles. The number of benzene rings is 1. The molecule has 7 nitrogen and oxygen atoms in total. The number of aromatic nitrogens is 4. The summed E-state index contributed by atoms with van der Waals surface area (Å²) in [6.45, 7) is 4.33. The minimum Gasteiger partial charge on any atom is -0.361 e. The van der Waals surface area contributed by atoms with Crippen LogP contribution in [0.4, 0.5) is 0 Å². The summed E-state index contributed by atoms with van der Waals surface area (Å²) in [6.07, 6.45) is 7.62. The zero-order valence-corrected chi connectivity index (χ0v) is 17.0. The van der Waals surface area contributed by atoms with Crippen LogP contribution in [0.15, 0.2) is 59.9 Å². The number of hydrogen-bond donors (Lipinski definition) is 2. The van der Waals surface area contributed by atoms with Crippen molar-refractivity contribution in [2.75, 3.05) is 6.54 Å². The summed E-state index contributed by atoms with van der Waals surface area (Å²) in [5.74, 6) is -0.360. The molecule has 0 unspecified atom stereocenters. The second kappa shape index (κ2) is 8.32. The van der Waals surface area contributed by atoms with Gasteiger partial charge < -0.3 is 14.9 Å². The Morgan fingerprint density at radius 3 is 2.77 bits per heavy atom. The summed E-state index contributed by atoms with van der Waals surface area (Å²) in [6, 6.07) is 9.82. The number of hydrogen-bond acceptors (Lipinski definition) is 4. The van der Waals surface area contributed by atoms with Gasteiger partial charge in [0.1, 0.15) is 5.56 Å². The van der Waals surface area contributed by atoms with E-state index in [-0.39, 0.29) is 23.6 Å². The van der Waals surface area contributed by atoms with Crippen molar-refractivity contribution >= 4 is 16.8 Å². The quantitative estimate of drug-likeness (QED) is 0.520. The van der Waals surface area contributed by atoms with Crippen molar-refractivity contribution in [2.45, 2.75) is 26.8 Å².